The summed E-state index contributed by atoms with van der Waals surface area (Å²) in [6.45, 7) is 5.19. The number of piperidine rings is 1. The van der Waals surface area contributed by atoms with Gasteiger partial charge in [-0.1, -0.05) is 13.8 Å². The Labute approximate surface area is 138 Å². The quantitative estimate of drug-likeness (QED) is 0.763. The zero-order chi connectivity index (χ0) is 17.3. The van der Waals surface area contributed by atoms with Crippen LogP contribution < -0.4 is 0 Å². The Kier molecular flexibility index (Phi) is 5.81. The maximum Gasteiger partial charge on any atom is 0.409 e. The summed E-state index contributed by atoms with van der Waals surface area (Å²) < 4.78 is 17.0. The van der Waals surface area contributed by atoms with E-state index in [1.165, 1.54) is 7.11 Å². The van der Waals surface area contributed by atoms with Crippen molar-refractivity contribution in [2.75, 3.05) is 20.2 Å². The van der Waals surface area contributed by atoms with Crippen molar-refractivity contribution < 1.29 is 23.9 Å². The lowest BCUT2D eigenvalue weighted by atomic mass is 9.66. The highest BCUT2D eigenvalue weighted by Gasteiger charge is 2.52. The fourth-order valence-corrected chi connectivity index (χ4v) is 6.41. The molecule has 7 heteroatoms. The molecule has 0 aromatic heterocycles. The Balaban J connectivity index is 2.10. The molecule has 1 saturated carbocycles. The number of ether oxygens (including phenoxy) is 1. The summed E-state index contributed by atoms with van der Waals surface area (Å²) in [4.78, 5) is 33.4. The van der Waals surface area contributed by atoms with Crippen LogP contribution in [0.5, 0.6) is 0 Å². The fraction of sp³-hybridized carbons (Fsp3) is 0.938. The Morgan fingerprint density at radius 3 is 2.39 bits per heavy atom. The summed E-state index contributed by atoms with van der Waals surface area (Å²) in [7, 11) is -2.73. The molecule has 0 spiro atoms. The standard InChI is InChI=1S/C16H30NO5P/c1-4-16(5-2,23(19,20)21)14-7-6-13-11-17(15(18)22-3)9-8-12(13)10-14/h12-14H,4-11H2,1-3H3,(H2,19,20,21). The third-order valence-corrected chi connectivity index (χ3v) is 8.52. The second-order valence-electron chi connectivity index (χ2n) is 7.09. The summed E-state index contributed by atoms with van der Waals surface area (Å²) in [6, 6.07) is 0. The molecule has 3 unspecified atom stereocenters. The predicted molar refractivity (Wildman–Crippen MR) is 88.3 cm³/mol. The first-order chi connectivity index (χ1) is 10.8. The SMILES string of the molecule is CCC(CC)(C1CCC2CN(C(=O)OC)CCC2C1)P(=O)(O)O. The van der Waals surface area contributed by atoms with Crippen LogP contribution in [-0.4, -0.2) is 46.1 Å². The van der Waals surface area contributed by atoms with E-state index in [1.54, 1.807) is 4.90 Å². The molecule has 2 fully saturated rings. The number of nitrogens with zero attached hydrogens (tertiary/aromatic N) is 1. The van der Waals surface area contributed by atoms with E-state index in [0.29, 0.717) is 37.8 Å². The molecule has 1 aliphatic carbocycles. The van der Waals surface area contributed by atoms with E-state index in [0.717, 1.165) is 25.7 Å². The molecule has 1 heterocycles. The lowest BCUT2D eigenvalue weighted by molar-refractivity contribution is 0.0431. The molecule has 0 aromatic rings. The van der Waals surface area contributed by atoms with Crippen LogP contribution >= 0.6 is 7.60 Å². The first-order valence-electron chi connectivity index (χ1n) is 8.67. The van der Waals surface area contributed by atoms with Gasteiger partial charge in [0, 0.05) is 13.1 Å². The summed E-state index contributed by atoms with van der Waals surface area (Å²) >= 11 is 0. The van der Waals surface area contributed by atoms with E-state index in [-0.39, 0.29) is 12.0 Å². The number of rotatable bonds is 4. The van der Waals surface area contributed by atoms with Gasteiger partial charge in [-0.25, -0.2) is 4.79 Å². The molecule has 1 saturated heterocycles. The minimum Gasteiger partial charge on any atom is -0.453 e. The number of carbonyl (C=O) groups excluding carboxylic acids is 1. The van der Waals surface area contributed by atoms with Gasteiger partial charge >= 0.3 is 13.7 Å². The smallest absolute Gasteiger partial charge is 0.409 e. The van der Waals surface area contributed by atoms with Crippen molar-refractivity contribution >= 4 is 13.7 Å². The van der Waals surface area contributed by atoms with Crippen LogP contribution in [0, 0.1) is 17.8 Å². The van der Waals surface area contributed by atoms with E-state index in [1.807, 2.05) is 13.8 Å². The molecule has 0 bridgehead atoms. The molecule has 23 heavy (non-hydrogen) atoms. The highest BCUT2D eigenvalue weighted by molar-refractivity contribution is 7.53. The van der Waals surface area contributed by atoms with Crippen molar-refractivity contribution in [2.45, 2.75) is 57.5 Å². The van der Waals surface area contributed by atoms with Crippen molar-refractivity contribution in [3.63, 3.8) is 0 Å². The van der Waals surface area contributed by atoms with Gasteiger partial charge in [0.25, 0.3) is 0 Å². The van der Waals surface area contributed by atoms with Gasteiger partial charge in [-0.05, 0) is 56.3 Å². The second-order valence-corrected chi connectivity index (χ2v) is 9.07. The largest absolute Gasteiger partial charge is 0.453 e. The number of hydrogen-bond acceptors (Lipinski definition) is 3. The molecule has 2 aliphatic rings. The number of hydrogen-bond donors (Lipinski definition) is 2. The highest BCUT2D eigenvalue weighted by atomic mass is 31.2. The molecule has 6 nitrogen and oxygen atoms in total. The minimum atomic E-state index is -4.14. The third-order valence-electron chi connectivity index (χ3n) is 6.36. The van der Waals surface area contributed by atoms with Gasteiger partial charge in [0.15, 0.2) is 0 Å². The molecule has 2 N–H and O–H groups in total. The first-order valence-corrected chi connectivity index (χ1v) is 10.3. The summed E-state index contributed by atoms with van der Waals surface area (Å²) in [5.74, 6) is 0.963. The monoisotopic (exact) mass is 347 g/mol. The fourth-order valence-electron chi connectivity index (χ4n) is 4.88. The summed E-state index contributed by atoms with van der Waals surface area (Å²) in [5, 5.41) is -0.878. The van der Waals surface area contributed by atoms with Gasteiger partial charge in [0.1, 0.15) is 0 Å². The average Bonchev–Trinajstić information content (AvgIpc) is 2.53. The molecular weight excluding hydrogens is 317 g/mol. The normalized spacial score (nSPS) is 29.1. The van der Waals surface area contributed by atoms with Crippen LogP contribution in [0.4, 0.5) is 4.79 Å². The van der Waals surface area contributed by atoms with Gasteiger partial charge in [0.05, 0.1) is 12.3 Å². The third kappa shape index (κ3) is 3.45. The van der Waals surface area contributed by atoms with E-state index in [4.69, 9.17) is 4.74 Å². The van der Waals surface area contributed by atoms with Gasteiger partial charge < -0.3 is 19.4 Å². The Morgan fingerprint density at radius 1 is 1.22 bits per heavy atom. The predicted octanol–water partition coefficient (Wildman–Crippen LogP) is 3.23. The number of methoxy groups -OCH3 is 1. The van der Waals surface area contributed by atoms with Gasteiger partial charge in [0.2, 0.25) is 0 Å². The molecule has 3 atom stereocenters. The van der Waals surface area contributed by atoms with Crippen LogP contribution in [0.1, 0.15) is 52.4 Å². The van der Waals surface area contributed by atoms with Crippen LogP contribution in [-0.2, 0) is 9.30 Å². The van der Waals surface area contributed by atoms with E-state index < -0.39 is 12.8 Å². The number of amides is 1. The molecule has 1 amide bonds. The molecule has 134 valence electrons. The van der Waals surface area contributed by atoms with Crippen molar-refractivity contribution in [3.8, 4) is 0 Å². The van der Waals surface area contributed by atoms with Crippen LogP contribution in [0.3, 0.4) is 0 Å². The Bertz CT molecular complexity index is 473. The average molecular weight is 347 g/mol. The van der Waals surface area contributed by atoms with Gasteiger partial charge in [-0.3, -0.25) is 4.57 Å². The lowest BCUT2D eigenvalue weighted by Gasteiger charge is -2.48. The van der Waals surface area contributed by atoms with Crippen molar-refractivity contribution in [3.05, 3.63) is 0 Å². The zero-order valence-corrected chi connectivity index (χ0v) is 15.3. The van der Waals surface area contributed by atoms with Crippen LogP contribution in [0.25, 0.3) is 0 Å². The van der Waals surface area contributed by atoms with E-state index in [2.05, 4.69) is 0 Å². The summed E-state index contributed by atoms with van der Waals surface area (Å²) in [5.41, 5.74) is 0. The maximum absolute atomic E-state index is 12.2. The van der Waals surface area contributed by atoms with Gasteiger partial charge in [-0.2, -0.15) is 0 Å². The van der Waals surface area contributed by atoms with E-state index >= 15 is 0 Å². The Morgan fingerprint density at radius 2 is 1.87 bits per heavy atom. The molecule has 0 aromatic carbocycles. The van der Waals surface area contributed by atoms with Crippen LogP contribution in [0.15, 0.2) is 0 Å². The topological polar surface area (TPSA) is 87.1 Å². The van der Waals surface area contributed by atoms with Crippen molar-refractivity contribution in [1.29, 1.82) is 0 Å². The van der Waals surface area contributed by atoms with Crippen molar-refractivity contribution in [2.24, 2.45) is 17.8 Å². The van der Waals surface area contributed by atoms with Gasteiger partial charge in [-0.15, -0.1) is 0 Å². The number of fused-ring (bicyclic) bond motifs is 1. The van der Waals surface area contributed by atoms with Crippen molar-refractivity contribution in [1.82, 2.24) is 4.90 Å². The summed E-state index contributed by atoms with van der Waals surface area (Å²) in [6.07, 6.45) is 4.31. The number of likely N-dealkylation sites (tertiary alicyclic amines) is 1. The molecule has 0 radical (unpaired) electrons. The van der Waals surface area contributed by atoms with E-state index in [9.17, 15) is 19.1 Å². The molecular formula is C16H30NO5P. The second kappa shape index (κ2) is 7.12. The Hall–Kier alpha value is -0.580. The molecule has 2 rings (SSSR count). The lowest BCUT2D eigenvalue weighted by Crippen LogP contribution is -2.48. The molecule has 1 aliphatic heterocycles. The zero-order valence-electron chi connectivity index (χ0n) is 14.4. The highest BCUT2D eigenvalue weighted by Crippen LogP contribution is 2.62. The van der Waals surface area contributed by atoms with Crippen LogP contribution in [0.2, 0.25) is 0 Å². The first kappa shape index (κ1) is 18.8. The maximum atomic E-state index is 12.2. The number of carbonyl (C=O) groups is 1. The minimum absolute atomic E-state index is 0.0734.